The third kappa shape index (κ3) is 5.48. The highest BCUT2D eigenvalue weighted by Crippen LogP contribution is 2.22. The van der Waals surface area contributed by atoms with Crippen molar-refractivity contribution in [2.24, 2.45) is 0 Å². The summed E-state index contributed by atoms with van der Waals surface area (Å²) >= 11 is 0. The van der Waals surface area contributed by atoms with Gasteiger partial charge in [0.2, 0.25) is 0 Å². The summed E-state index contributed by atoms with van der Waals surface area (Å²) in [6.07, 6.45) is 3.30. The number of carbonyl (C=O) groups excluding carboxylic acids is 1. The van der Waals surface area contributed by atoms with E-state index in [1.165, 1.54) is 17.7 Å². The zero-order valence-electron chi connectivity index (χ0n) is 17.2. The van der Waals surface area contributed by atoms with Gasteiger partial charge < -0.3 is 5.32 Å². The van der Waals surface area contributed by atoms with Crippen LogP contribution >= 0.6 is 0 Å². The standard InChI is InChI=1S/C24H26N2O3S/c1-3-4-8-19-12-15-21(16-13-19)25-24(27)20-14-11-18(2)23(17-20)26-30(28,29)22-9-6-5-7-10-22/h5-7,9-17,26H,3-4,8H2,1-2H3,(H,25,27). The van der Waals surface area contributed by atoms with Gasteiger partial charge in [-0.1, -0.05) is 49.7 Å². The largest absolute Gasteiger partial charge is 0.322 e. The molecule has 0 heterocycles. The van der Waals surface area contributed by atoms with E-state index in [-0.39, 0.29) is 10.8 Å². The van der Waals surface area contributed by atoms with Crippen molar-refractivity contribution in [1.82, 2.24) is 0 Å². The van der Waals surface area contributed by atoms with Crippen LogP contribution in [0.5, 0.6) is 0 Å². The van der Waals surface area contributed by atoms with E-state index >= 15 is 0 Å². The monoisotopic (exact) mass is 422 g/mol. The molecule has 2 N–H and O–H groups in total. The van der Waals surface area contributed by atoms with E-state index in [9.17, 15) is 13.2 Å². The molecule has 3 aromatic carbocycles. The molecule has 30 heavy (non-hydrogen) atoms. The lowest BCUT2D eigenvalue weighted by Crippen LogP contribution is -2.16. The quantitative estimate of drug-likeness (QED) is 0.511. The highest BCUT2D eigenvalue weighted by Gasteiger charge is 2.16. The van der Waals surface area contributed by atoms with Crippen LogP contribution in [0.4, 0.5) is 11.4 Å². The highest BCUT2D eigenvalue weighted by atomic mass is 32.2. The van der Waals surface area contributed by atoms with E-state index in [0.29, 0.717) is 16.9 Å². The number of sulfonamides is 1. The van der Waals surface area contributed by atoms with Crippen LogP contribution in [0.15, 0.2) is 77.7 Å². The smallest absolute Gasteiger partial charge is 0.261 e. The predicted octanol–water partition coefficient (Wildman–Crippen LogP) is 5.39. The second-order valence-electron chi connectivity index (χ2n) is 7.20. The topological polar surface area (TPSA) is 75.3 Å². The van der Waals surface area contributed by atoms with Crippen LogP contribution < -0.4 is 10.0 Å². The number of nitrogens with one attached hydrogen (secondary N) is 2. The average molecular weight is 423 g/mol. The zero-order chi connectivity index (χ0) is 21.6. The van der Waals surface area contributed by atoms with Crippen LogP contribution in [0.2, 0.25) is 0 Å². The molecule has 0 saturated heterocycles. The van der Waals surface area contributed by atoms with Crippen molar-refractivity contribution in [1.29, 1.82) is 0 Å². The summed E-state index contributed by atoms with van der Waals surface area (Å²) in [4.78, 5) is 12.9. The van der Waals surface area contributed by atoms with Crippen LogP contribution in [0.3, 0.4) is 0 Å². The van der Waals surface area contributed by atoms with Gasteiger partial charge in [-0.3, -0.25) is 9.52 Å². The molecule has 3 rings (SSSR count). The molecule has 0 aliphatic rings. The molecule has 1 amide bonds. The summed E-state index contributed by atoms with van der Waals surface area (Å²) in [5, 5.41) is 2.87. The second-order valence-corrected chi connectivity index (χ2v) is 8.89. The Morgan fingerprint density at radius 1 is 0.933 bits per heavy atom. The Morgan fingerprint density at radius 3 is 2.30 bits per heavy atom. The Bertz CT molecular complexity index is 1110. The molecule has 0 atom stereocenters. The molecular weight excluding hydrogens is 396 g/mol. The first-order chi connectivity index (χ1) is 14.4. The Balaban J connectivity index is 1.75. The molecule has 0 saturated carbocycles. The van der Waals surface area contributed by atoms with Crippen molar-refractivity contribution in [2.75, 3.05) is 10.0 Å². The van der Waals surface area contributed by atoms with Crippen molar-refractivity contribution >= 4 is 27.3 Å². The minimum absolute atomic E-state index is 0.169. The SMILES string of the molecule is CCCCc1ccc(NC(=O)c2ccc(C)c(NS(=O)(=O)c3ccccc3)c2)cc1. The molecule has 0 unspecified atom stereocenters. The maximum atomic E-state index is 12.7. The molecule has 0 aliphatic carbocycles. The summed E-state index contributed by atoms with van der Waals surface area (Å²) in [6, 6.07) is 20.9. The number of hydrogen-bond acceptors (Lipinski definition) is 3. The van der Waals surface area contributed by atoms with Gasteiger partial charge in [-0.25, -0.2) is 8.42 Å². The van der Waals surface area contributed by atoms with Crippen molar-refractivity contribution in [3.8, 4) is 0 Å². The molecule has 0 radical (unpaired) electrons. The third-order valence-electron chi connectivity index (χ3n) is 4.83. The maximum Gasteiger partial charge on any atom is 0.261 e. The van der Waals surface area contributed by atoms with Crippen LogP contribution in [0.1, 0.15) is 41.3 Å². The number of aryl methyl sites for hydroxylation is 2. The lowest BCUT2D eigenvalue weighted by Gasteiger charge is -2.13. The Morgan fingerprint density at radius 2 is 1.63 bits per heavy atom. The molecule has 0 bridgehead atoms. The van der Waals surface area contributed by atoms with Crippen molar-refractivity contribution in [3.05, 3.63) is 89.5 Å². The van der Waals surface area contributed by atoms with E-state index in [2.05, 4.69) is 17.0 Å². The number of anilines is 2. The van der Waals surface area contributed by atoms with Crippen LogP contribution in [-0.2, 0) is 16.4 Å². The van der Waals surface area contributed by atoms with E-state index in [1.807, 2.05) is 24.3 Å². The van der Waals surface area contributed by atoms with Crippen LogP contribution in [0.25, 0.3) is 0 Å². The maximum absolute atomic E-state index is 12.7. The lowest BCUT2D eigenvalue weighted by atomic mass is 10.1. The van der Waals surface area contributed by atoms with E-state index in [0.717, 1.165) is 24.8 Å². The number of unbranched alkanes of at least 4 members (excludes halogenated alkanes) is 1. The molecule has 0 aliphatic heterocycles. The van der Waals surface area contributed by atoms with Gasteiger partial charge in [0, 0.05) is 11.3 Å². The highest BCUT2D eigenvalue weighted by molar-refractivity contribution is 7.92. The predicted molar refractivity (Wildman–Crippen MR) is 121 cm³/mol. The molecule has 0 spiro atoms. The Kier molecular flexibility index (Phi) is 6.90. The lowest BCUT2D eigenvalue weighted by molar-refractivity contribution is 0.102. The average Bonchev–Trinajstić information content (AvgIpc) is 2.75. The van der Waals surface area contributed by atoms with E-state index in [4.69, 9.17) is 0 Å². The van der Waals surface area contributed by atoms with Gasteiger partial charge >= 0.3 is 0 Å². The van der Waals surface area contributed by atoms with Gasteiger partial charge in [0.1, 0.15) is 0 Å². The Hall–Kier alpha value is -3.12. The number of amides is 1. The molecule has 3 aromatic rings. The van der Waals surface area contributed by atoms with E-state index in [1.54, 1.807) is 43.3 Å². The summed E-state index contributed by atoms with van der Waals surface area (Å²) in [6.45, 7) is 3.95. The first-order valence-corrected chi connectivity index (χ1v) is 11.5. The number of rotatable bonds is 8. The van der Waals surface area contributed by atoms with Crippen molar-refractivity contribution in [3.63, 3.8) is 0 Å². The fourth-order valence-electron chi connectivity index (χ4n) is 3.02. The molecule has 0 fully saturated rings. The van der Waals surface area contributed by atoms with Gasteiger partial charge in [0.25, 0.3) is 15.9 Å². The van der Waals surface area contributed by atoms with Crippen LogP contribution in [0, 0.1) is 6.92 Å². The van der Waals surface area contributed by atoms with Crippen molar-refractivity contribution < 1.29 is 13.2 Å². The van der Waals surface area contributed by atoms with Crippen molar-refractivity contribution in [2.45, 2.75) is 38.0 Å². The molecule has 156 valence electrons. The normalized spacial score (nSPS) is 11.1. The number of carbonyl (C=O) groups is 1. The minimum Gasteiger partial charge on any atom is -0.322 e. The van der Waals surface area contributed by atoms with Crippen LogP contribution in [-0.4, -0.2) is 14.3 Å². The number of benzene rings is 3. The van der Waals surface area contributed by atoms with E-state index < -0.39 is 10.0 Å². The van der Waals surface area contributed by atoms with Gasteiger partial charge in [-0.05, 0) is 67.3 Å². The summed E-state index contributed by atoms with van der Waals surface area (Å²) in [5.41, 5.74) is 3.42. The summed E-state index contributed by atoms with van der Waals surface area (Å²) in [5.74, 6) is -0.295. The van der Waals surface area contributed by atoms with Gasteiger partial charge in [-0.2, -0.15) is 0 Å². The van der Waals surface area contributed by atoms with Gasteiger partial charge in [-0.15, -0.1) is 0 Å². The number of hydrogen-bond donors (Lipinski definition) is 2. The molecule has 0 aromatic heterocycles. The molecule has 5 nitrogen and oxygen atoms in total. The molecule has 6 heteroatoms. The third-order valence-corrected chi connectivity index (χ3v) is 6.21. The summed E-state index contributed by atoms with van der Waals surface area (Å²) in [7, 11) is -3.73. The second kappa shape index (κ2) is 9.59. The van der Waals surface area contributed by atoms with Gasteiger partial charge in [0.15, 0.2) is 0 Å². The van der Waals surface area contributed by atoms with Gasteiger partial charge in [0.05, 0.1) is 10.6 Å². The zero-order valence-corrected chi connectivity index (χ0v) is 18.0. The fourth-order valence-corrected chi connectivity index (χ4v) is 4.16. The summed E-state index contributed by atoms with van der Waals surface area (Å²) < 4.78 is 27.8. The fraction of sp³-hybridized carbons (Fsp3) is 0.208. The molecular formula is C24H26N2O3S. The first-order valence-electron chi connectivity index (χ1n) is 9.98. The first kappa shape index (κ1) is 21.6. The Labute approximate surface area is 178 Å². The minimum atomic E-state index is -3.73.